The summed E-state index contributed by atoms with van der Waals surface area (Å²) in [5.74, 6) is 0.318. The van der Waals surface area contributed by atoms with Crippen molar-refractivity contribution in [3.05, 3.63) is 29.3 Å². The maximum absolute atomic E-state index is 11.6. The van der Waals surface area contributed by atoms with Gasteiger partial charge in [0.2, 0.25) is 0 Å². The number of nitrogens with two attached hydrogens (primary N) is 1. The number of primary amides is 1. The predicted molar refractivity (Wildman–Crippen MR) is 75.9 cm³/mol. The lowest BCUT2D eigenvalue weighted by Crippen LogP contribution is -3.14. The van der Waals surface area contributed by atoms with Crippen molar-refractivity contribution >= 4 is 23.5 Å². The third-order valence-corrected chi connectivity index (χ3v) is 3.21. The van der Waals surface area contributed by atoms with Gasteiger partial charge in [0, 0.05) is 5.02 Å². The highest BCUT2D eigenvalue weighted by atomic mass is 35.5. The van der Waals surface area contributed by atoms with E-state index in [1.54, 1.807) is 31.2 Å². The molecule has 0 aliphatic heterocycles. The Kier molecular flexibility index (Phi) is 6.27. The van der Waals surface area contributed by atoms with Crippen molar-refractivity contribution in [1.29, 1.82) is 0 Å². The maximum Gasteiger partial charge on any atom is 0.319 e. The van der Waals surface area contributed by atoms with E-state index in [0.29, 0.717) is 18.2 Å². The number of benzene rings is 1. The van der Waals surface area contributed by atoms with Crippen molar-refractivity contribution in [1.82, 2.24) is 5.32 Å². The second-order valence-corrected chi connectivity index (χ2v) is 4.91. The fourth-order valence-corrected chi connectivity index (χ4v) is 1.66. The van der Waals surface area contributed by atoms with E-state index in [0.717, 1.165) is 10.6 Å². The molecule has 0 fully saturated rings. The molecule has 0 aliphatic rings. The average Bonchev–Trinajstić information content (AvgIpc) is 2.39. The molecule has 20 heavy (non-hydrogen) atoms. The van der Waals surface area contributed by atoms with Gasteiger partial charge in [-0.25, -0.2) is 4.79 Å². The van der Waals surface area contributed by atoms with Crippen LogP contribution in [0.25, 0.3) is 0 Å². The van der Waals surface area contributed by atoms with Crippen molar-refractivity contribution in [2.24, 2.45) is 5.73 Å². The quantitative estimate of drug-likeness (QED) is 0.681. The third-order valence-electron chi connectivity index (χ3n) is 2.96. The van der Waals surface area contributed by atoms with E-state index in [4.69, 9.17) is 22.1 Å². The summed E-state index contributed by atoms with van der Waals surface area (Å²) in [4.78, 5) is 23.1. The standard InChI is InChI=1S/C13H18ClN3O3/c1-9(12(18)16-13(15)19)17(2)7-8-20-11-5-3-10(14)4-6-11/h3-6,9H,7-8H2,1-2H3,(H3,15,16,18,19)/p+1/t9-/m1/s1. The van der Waals surface area contributed by atoms with E-state index in [9.17, 15) is 9.59 Å². The van der Waals surface area contributed by atoms with E-state index in [2.05, 4.69) is 5.32 Å². The highest BCUT2D eigenvalue weighted by Gasteiger charge is 2.22. The number of ether oxygens (including phenoxy) is 1. The summed E-state index contributed by atoms with van der Waals surface area (Å²) in [7, 11) is 1.84. The number of hydrogen-bond acceptors (Lipinski definition) is 3. The highest BCUT2D eigenvalue weighted by molar-refractivity contribution is 6.30. The first kappa shape index (κ1) is 16.3. The molecule has 0 saturated carbocycles. The minimum atomic E-state index is -0.841. The number of nitrogens with one attached hydrogen (secondary N) is 2. The van der Waals surface area contributed by atoms with Crippen LogP contribution in [0.2, 0.25) is 5.02 Å². The van der Waals surface area contributed by atoms with Gasteiger partial charge in [0.15, 0.2) is 6.04 Å². The monoisotopic (exact) mass is 300 g/mol. The van der Waals surface area contributed by atoms with Crippen LogP contribution in [0.3, 0.4) is 0 Å². The number of imide groups is 1. The summed E-state index contributed by atoms with van der Waals surface area (Å²) in [6, 6.07) is 5.82. The first-order chi connectivity index (χ1) is 9.40. The number of amides is 3. The first-order valence-corrected chi connectivity index (χ1v) is 6.59. The van der Waals surface area contributed by atoms with E-state index < -0.39 is 18.0 Å². The molecule has 1 aromatic carbocycles. The Morgan fingerprint density at radius 2 is 2.00 bits per heavy atom. The zero-order valence-corrected chi connectivity index (χ0v) is 12.2. The molecule has 0 heterocycles. The van der Waals surface area contributed by atoms with Gasteiger partial charge in [-0.3, -0.25) is 10.1 Å². The number of carbonyl (C=O) groups excluding carboxylic acids is 2. The predicted octanol–water partition coefficient (Wildman–Crippen LogP) is -0.183. The summed E-state index contributed by atoms with van der Waals surface area (Å²) < 4.78 is 5.54. The van der Waals surface area contributed by atoms with Gasteiger partial charge in [-0.1, -0.05) is 11.6 Å². The largest absolute Gasteiger partial charge is 0.488 e. The molecule has 6 nitrogen and oxygen atoms in total. The highest BCUT2D eigenvalue weighted by Crippen LogP contribution is 2.14. The smallest absolute Gasteiger partial charge is 0.319 e. The number of carbonyl (C=O) groups is 2. The molecule has 0 bridgehead atoms. The van der Waals surface area contributed by atoms with Crippen LogP contribution >= 0.6 is 11.6 Å². The van der Waals surface area contributed by atoms with Gasteiger partial charge in [0.05, 0.1) is 7.05 Å². The Balaban J connectivity index is 2.35. The SMILES string of the molecule is C[C@H](C(=O)NC(N)=O)[NH+](C)CCOc1ccc(Cl)cc1. The van der Waals surface area contributed by atoms with Gasteiger partial charge in [0.1, 0.15) is 18.9 Å². The molecule has 7 heteroatoms. The number of urea groups is 1. The van der Waals surface area contributed by atoms with Gasteiger partial charge in [0.25, 0.3) is 5.91 Å². The van der Waals surface area contributed by atoms with Crippen LogP contribution in [0.1, 0.15) is 6.92 Å². The number of likely N-dealkylation sites (N-methyl/N-ethyl adjacent to an activating group) is 1. The molecule has 4 N–H and O–H groups in total. The molecule has 0 aliphatic carbocycles. The topological polar surface area (TPSA) is 85.9 Å². The van der Waals surface area contributed by atoms with Crippen molar-refractivity contribution in [3.63, 3.8) is 0 Å². The van der Waals surface area contributed by atoms with Gasteiger partial charge in [-0.05, 0) is 31.2 Å². The van der Waals surface area contributed by atoms with Gasteiger partial charge >= 0.3 is 6.03 Å². The normalized spacial score (nSPS) is 13.3. The van der Waals surface area contributed by atoms with Crippen molar-refractivity contribution in [2.45, 2.75) is 13.0 Å². The van der Waals surface area contributed by atoms with Crippen LogP contribution in [-0.2, 0) is 4.79 Å². The summed E-state index contributed by atoms with van der Waals surface area (Å²) >= 11 is 5.77. The van der Waals surface area contributed by atoms with Crippen LogP contribution in [0.15, 0.2) is 24.3 Å². The van der Waals surface area contributed by atoms with Crippen molar-refractivity contribution in [2.75, 3.05) is 20.2 Å². The average molecular weight is 301 g/mol. The number of hydrogen-bond donors (Lipinski definition) is 3. The molecule has 1 unspecified atom stereocenters. The lowest BCUT2D eigenvalue weighted by atomic mass is 10.3. The Bertz CT molecular complexity index is 464. The van der Waals surface area contributed by atoms with Crippen LogP contribution < -0.4 is 20.7 Å². The molecular formula is C13H19ClN3O3+. The van der Waals surface area contributed by atoms with Gasteiger partial charge in [-0.2, -0.15) is 0 Å². The van der Waals surface area contributed by atoms with Crippen LogP contribution in [0, 0.1) is 0 Å². The molecule has 1 rings (SSSR count). The summed E-state index contributed by atoms with van der Waals surface area (Å²) in [5, 5.41) is 2.71. The van der Waals surface area contributed by atoms with Gasteiger partial charge in [-0.15, -0.1) is 0 Å². The lowest BCUT2D eigenvalue weighted by molar-refractivity contribution is -0.894. The van der Waals surface area contributed by atoms with E-state index in [1.807, 2.05) is 7.05 Å². The third kappa shape index (κ3) is 5.46. The Morgan fingerprint density at radius 1 is 1.40 bits per heavy atom. The van der Waals surface area contributed by atoms with Crippen molar-refractivity contribution in [3.8, 4) is 5.75 Å². The first-order valence-electron chi connectivity index (χ1n) is 6.21. The molecule has 0 saturated heterocycles. The molecule has 110 valence electrons. The lowest BCUT2D eigenvalue weighted by Gasteiger charge is -2.20. The summed E-state index contributed by atoms with van der Waals surface area (Å²) in [5.41, 5.74) is 4.90. The molecule has 2 atom stereocenters. The molecule has 3 amide bonds. The summed E-state index contributed by atoms with van der Waals surface area (Å²) in [6.07, 6.45) is 0. The Hall–Kier alpha value is -1.79. The molecule has 0 radical (unpaired) electrons. The number of quaternary nitrogens is 1. The van der Waals surface area contributed by atoms with Crippen molar-refractivity contribution < 1.29 is 19.2 Å². The zero-order valence-electron chi connectivity index (χ0n) is 11.5. The van der Waals surface area contributed by atoms with Crippen LogP contribution in [0.5, 0.6) is 5.75 Å². The fraction of sp³-hybridized carbons (Fsp3) is 0.385. The number of rotatable bonds is 6. The molecular weight excluding hydrogens is 282 g/mol. The Labute approximate surface area is 122 Å². The van der Waals surface area contributed by atoms with Gasteiger partial charge < -0.3 is 15.4 Å². The molecule has 1 aromatic rings. The second kappa shape index (κ2) is 7.72. The van der Waals surface area contributed by atoms with Crippen LogP contribution in [-0.4, -0.2) is 38.2 Å². The minimum Gasteiger partial charge on any atom is -0.488 e. The van der Waals surface area contributed by atoms with E-state index >= 15 is 0 Å². The Morgan fingerprint density at radius 3 is 2.55 bits per heavy atom. The number of halogens is 1. The van der Waals surface area contributed by atoms with Crippen LogP contribution in [0.4, 0.5) is 4.79 Å². The zero-order chi connectivity index (χ0) is 15.1. The van der Waals surface area contributed by atoms with E-state index in [1.165, 1.54) is 0 Å². The molecule has 0 aromatic heterocycles. The minimum absolute atomic E-state index is 0.392. The van der Waals surface area contributed by atoms with E-state index in [-0.39, 0.29) is 0 Å². The fourth-order valence-electron chi connectivity index (χ4n) is 1.53. The maximum atomic E-state index is 11.6. The second-order valence-electron chi connectivity index (χ2n) is 4.47. The molecule has 0 spiro atoms. The summed E-state index contributed by atoms with van der Waals surface area (Å²) in [6.45, 7) is 2.77.